The monoisotopic (exact) mass is 703 g/mol. The van der Waals surface area contributed by atoms with Crippen LogP contribution >= 0.6 is 0 Å². The van der Waals surface area contributed by atoms with Crippen molar-refractivity contribution >= 4 is 58.9 Å². The number of halogens is 1. The molecule has 0 saturated carbocycles. The van der Waals surface area contributed by atoms with E-state index < -0.39 is 69.3 Å². The van der Waals surface area contributed by atoms with Crippen molar-refractivity contribution in [2.24, 2.45) is 0 Å². The Balaban J connectivity index is 0.000000218. The van der Waals surface area contributed by atoms with E-state index in [1.165, 1.54) is 6.07 Å². The van der Waals surface area contributed by atoms with Crippen LogP contribution in [0.3, 0.4) is 0 Å². The molecule has 1 fully saturated rings. The number of aromatic amines is 2. The largest absolute Gasteiger partial charge is 0.378 e. The zero-order chi connectivity index (χ0) is 35.0. The summed E-state index contributed by atoms with van der Waals surface area (Å²) >= 11 is 0. The normalized spacial score (nSPS) is 13.6. The predicted octanol–water partition coefficient (Wildman–Crippen LogP) is -1.82. The van der Waals surface area contributed by atoms with Gasteiger partial charge in [-0.25, -0.2) is 36.1 Å². The molecule has 2 aromatic carbocycles. The molecule has 0 amide bonds. The molecule has 3 heterocycles. The Labute approximate surface area is 259 Å². The number of nitro groups is 2. The van der Waals surface area contributed by atoms with Crippen LogP contribution in [0.25, 0.3) is 21.8 Å². The van der Waals surface area contributed by atoms with E-state index in [0.29, 0.717) is 49.4 Å². The molecule has 1 saturated heterocycles. The minimum atomic E-state index is -3.93. The van der Waals surface area contributed by atoms with Crippen molar-refractivity contribution in [3.05, 3.63) is 92.0 Å². The molecule has 252 valence electrons. The highest BCUT2D eigenvalue weighted by molar-refractivity contribution is 7.91. The van der Waals surface area contributed by atoms with Crippen molar-refractivity contribution in [3.63, 3.8) is 0 Å². The molecule has 0 spiro atoms. The number of hydrogen-bond acceptors (Lipinski definition) is 14. The Hall–Kier alpha value is -5.69. The first kappa shape index (κ1) is 34.2. The van der Waals surface area contributed by atoms with Gasteiger partial charge < -0.3 is 19.6 Å². The smallest absolute Gasteiger partial charge is 0.348 e. The van der Waals surface area contributed by atoms with Crippen LogP contribution in [0.15, 0.2) is 43.4 Å². The molecular weight excluding hydrogens is 681 g/mol. The molecular formula is C22H22FN9O13S2. The van der Waals surface area contributed by atoms with Gasteiger partial charge in [0.25, 0.3) is 16.8 Å². The summed E-state index contributed by atoms with van der Waals surface area (Å²) in [7, 11) is -7.82. The minimum absolute atomic E-state index is 0.0599. The number of H-pyrrole nitrogens is 2. The lowest BCUT2D eigenvalue weighted by atomic mass is 10.1. The first-order valence-corrected chi connectivity index (χ1v) is 16.4. The summed E-state index contributed by atoms with van der Waals surface area (Å²) in [6, 6.07) is 3.59. The number of nitrogens with zero attached hydrogens (tertiary/aromatic N) is 5. The Morgan fingerprint density at radius 3 is 1.62 bits per heavy atom. The van der Waals surface area contributed by atoms with Gasteiger partial charge in [0.05, 0.1) is 57.4 Å². The van der Waals surface area contributed by atoms with Gasteiger partial charge >= 0.3 is 17.1 Å². The number of rotatable bonds is 7. The number of nitrogens with one attached hydrogen (secondary N) is 4. The molecule has 4 aromatic rings. The van der Waals surface area contributed by atoms with Crippen molar-refractivity contribution < 1.29 is 35.8 Å². The van der Waals surface area contributed by atoms with Gasteiger partial charge in [0.1, 0.15) is 5.69 Å². The molecule has 1 aliphatic heterocycles. The topological polar surface area (TPSA) is 301 Å². The second-order valence-corrected chi connectivity index (χ2v) is 13.2. The molecule has 0 aliphatic carbocycles. The average Bonchev–Trinajstić information content (AvgIpc) is 2.97. The standard InChI is InChI=1S/C13H15N5O7S.C9H7FN4O6S/c1-26(23,24)15-17-12(19)8-6-10(16-2-4-25-5-3-16)11(18(21)22)7-9(8)14-13(17)20;1-21(19,20)12-13-8(15)4-2-5(10)7(14(17)18)3-6(4)11-9(13)16/h6-7,15H,2-5H2,1H3,(H,14,20);2-3,12H,1H3,(H,11,16). The van der Waals surface area contributed by atoms with Crippen LogP contribution < -0.4 is 37.1 Å². The van der Waals surface area contributed by atoms with Gasteiger partial charge in [-0.15, -0.1) is 0 Å². The molecule has 25 heteroatoms. The summed E-state index contributed by atoms with van der Waals surface area (Å²) in [6.07, 6.45) is 1.50. The van der Waals surface area contributed by atoms with E-state index in [2.05, 4.69) is 9.97 Å². The Kier molecular flexibility index (Phi) is 9.17. The Bertz CT molecular complexity index is 2410. The highest BCUT2D eigenvalue weighted by Gasteiger charge is 2.25. The molecule has 47 heavy (non-hydrogen) atoms. The molecule has 4 N–H and O–H groups in total. The highest BCUT2D eigenvalue weighted by Crippen LogP contribution is 2.31. The number of aromatic nitrogens is 4. The maximum absolute atomic E-state index is 13.5. The fourth-order valence-corrected chi connectivity index (χ4v) is 5.30. The van der Waals surface area contributed by atoms with Crippen LogP contribution in [0.4, 0.5) is 21.5 Å². The van der Waals surface area contributed by atoms with Crippen molar-refractivity contribution in [2.45, 2.75) is 0 Å². The first-order chi connectivity index (χ1) is 21.8. The zero-order valence-corrected chi connectivity index (χ0v) is 25.5. The maximum Gasteiger partial charge on any atom is 0.348 e. The van der Waals surface area contributed by atoms with Crippen LogP contribution in [0.5, 0.6) is 0 Å². The Morgan fingerprint density at radius 2 is 1.19 bits per heavy atom. The quantitative estimate of drug-likeness (QED) is 0.122. The Morgan fingerprint density at radius 1 is 0.766 bits per heavy atom. The number of benzene rings is 2. The number of hydrogen-bond donors (Lipinski definition) is 4. The second kappa shape index (κ2) is 12.6. The van der Waals surface area contributed by atoms with Gasteiger partial charge in [0.15, 0.2) is 0 Å². The van der Waals surface area contributed by atoms with Crippen LogP contribution in [-0.4, -0.2) is 84.8 Å². The lowest BCUT2D eigenvalue weighted by molar-refractivity contribution is -0.387. The van der Waals surface area contributed by atoms with Gasteiger partial charge in [0, 0.05) is 25.2 Å². The summed E-state index contributed by atoms with van der Waals surface area (Å²) in [5.74, 6) is -1.29. The van der Waals surface area contributed by atoms with E-state index in [0.717, 1.165) is 12.3 Å². The van der Waals surface area contributed by atoms with Gasteiger partial charge in [-0.05, 0) is 12.1 Å². The second-order valence-electron chi connectivity index (χ2n) is 9.72. The summed E-state index contributed by atoms with van der Waals surface area (Å²) in [6.45, 7) is 1.54. The third kappa shape index (κ3) is 7.59. The predicted molar refractivity (Wildman–Crippen MR) is 162 cm³/mol. The molecule has 22 nitrogen and oxygen atoms in total. The minimum Gasteiger partial charge on any atom is -0.378 e. The third-order valence-corrected chi connectivity index (χ3v) is 7.25. The van der Waals surface area contributed by atoms with Crippen molar-refractivity contribution in [1.82, 2.24) is 19.3 Å². The fraction of sp³-hybridized carbons (Fsp3) is 0.273. The van der Waals surface area contributed by atoms with E-state index in [4.69, 9.17) is 4.74 Å². The van der Waals surface area contributed by atoms with E-state index in [1.54, 1.807) is 9.73 Å². The number of fused-ring (bicyclic) bond motifs is 2. The number of ether oxygens (including phenoxy) is 1. The summed E-state index contributed by atoms with van der Waals surface area (Å²) in [5.41, 5.74) is -5.66. The van der Waals surface area contributed by atoms with Gasteiger partial charge in [-0.1, -0.05) is 0 Å². The summed E-state index contributed by atoms with van der Waals surface area (Å²) in [5, 5.41) is 21.5. The van der Waals surface area contributed by atoms with Crippen LogP contribution in [0, 0.1) is 26.0 Å². The number of nitro benzene ring substituents is 2. The number of morpholine rings is 1. The lowest BCUT2D eigenvalue weighted by Gasteiger charge is -2.28. The van der Waals surface area contributed by atoms with E-state index in [-0.39, 0.29) is 32.5 Å². The molecule has 0 radical (unpaired) electrons. The van der Waals surface area contributed by atoms with Crippen LogP contribution in [0.1, 0.15) is 0 Å². The number of sulfonamides is 2. The van der Waals surface area contributed by atoms with Crippen molar-refractivity contribution in [1.29, 1.82) is 0 Å². The van der Waals surface area contributed by atoms with E-state index in [9.17, 15) is 60.6 Å². The zero-order valence-electron chi connectivity index (χ0n) is 23.9. The molecule has 0 atom stereocenters. The summed E-state index contributed by atoms with van der Waals surface area (Å²) in [4.78, 5) is 77.9. The van der Waals surface area contributed by atoms with Gasteiger partial charge in [0.2, 0.25) is 25.9 Å². The summed E-state index contributed by atoms with van der Waals surface area (Å²) < 4.78 is 64.0. The van der Waals surface area contributed by atoms with Crippen LogP contribution in [-0.2, 0) is 24.8 Å². The molecule has 1 aliphatic rings. The van der Waals surface area contributed by atoms with E-state index in [1.807, 2.05) is 4.83 Å². The van der Waals surface area contributed by atoms with Crippen LogP contribution in [0.2, 0.25) is 0 Å². The SMILES string of the molecule is CS(=O)(=O)Nn1c(=O)[nH]c2cc([N+](=O)[O-])c(F)cc2c1=O.CS(=O)(=O)Nn1c(=O)[nH]c2cc([N+](=O)[O-])c(N3CCOCC3)cc2c1=O. The average molecular weight is 704 g/mol. The highest BCUT2D eigenvalue weighted by atomic mass is 32.2. The maximum atomic E-state index is 13.5. The third-order valence-electron chi connectivity index (χ3n) is 6.22. The fourth-order valence-electron chi connectivity index (χ4n) is 4.31. The molecule has 5 rings (SSSR count). The van der Waals surface area contributed by atoms with Crippen molar-refractivity contribution in [2.75, 3.05) is 53.4 Å². The van der Waals surface area contributed by atoms with Gasteiger partial charge in [-0.2, -0.15) is 13.7 Å². The lowest BCUT2D eigenvalue weighted by Crippen LogP contribution is -2.43. The molecule has 0 bridgehead atoms. The van der Waals surface area contributed by atoms with Crippen molar-refractivity contribution in [3.8, 4) is 0 Å². The van der Waals surface area contributed by atoms with Gasteiger partial charge in [-0.3, -0.25) is 29.8 Å². The molecule has 0 unspecified atom stereocenters. The molecule has 2 aromatic heterocycles. The number of anilines is 1. The first-order valence-electron chi connectivity index (χ1n) is 12.7. The van der Waals surface area contributed by atoms with E-state index >= 15 is 0 Å².